The molecule has 2 rings (SSSR count). The second-order valence-electron chi connectivity index (χ2n) is 4.69. The van der Waals surface area contributed by atoms with E-state index in [1.807, 2.05) is 11.8 Å². The van der Waals surface area contributed by atoms with Gasteiger partial charge in [-0.1, -0.05) is 0 Å². The fourth-order valence-electron chi connectivity index (χ4n) is 2.27. The number of benzene rings is 1. The van der Waals surface area contributed by atoms with E-state index < -0.39 is 11.6 Å². The van der Waals surface area contributed by atoms with Crippen molar-refractivity contribution in [2.45, 2.75) is 26.3 Å². The van der Waals surface area contributed by atoms with Crippen LogP contribution in [0.4, 0.5) is 20.2 Å². The highest BCUT2D eigenvalue weighted by atomic mass is 19.1. The van der Waals surface area contributed by atoms with E-state index >= 15 is 0 Å². The van der Waals surface area contributed by atoms with Gasteiger partial charge in [0, 0.05) is 19.2 Å². The Morgan fingerprint density at radius 3 is 2.69 bits per heavy atom. The van der Waals surface area contributed by atoms with E-state index in [0.29, 0.717) is 17.9 Å². The van der Waals surface area contributed by atoms with Crippen molar-refractivity contribution >= 4 is 11.4 Å². The van der Waals surface area contributed by atoms with Crippen LogP contribution in [-0.2, 0) is 0 Å². The highest BCUT2D eigenvalue weighted by Gasteiger charge is 2.33. The molecule has 1 aliphatic rings. The maximum atomic E-state index is 13.6. The molecule has 0 spiro atoms. The molecule has 0 radical (unpaired) electrons. The summed E-state index contributed by atoms with van der Waals surface area (Å²) in [4.78, 5) is 2.02. The number of fused-ring (bicyclic) bond motifs is 1. The zero-order chi connectivity index (χ0) is 11.9. The van der Waals surface area contributed by atoms with Gasteiger partial charge in [0.25, 0.3) is 0 Å². The van der Waals surface area contributed by atoms with Crippen LogP contribution in [0.25, 0.3) is 0 Å². The Bertz CT molecular complexity index is 416. The quantitative estimate of drug-likeness (QED) is 0.792. The lowest BCUT2D eigenvalue weighted by Gasteiger charge is -2.45. The van der Waals surface area contributed by atoms with E-state index in [-0.39, 0.29) is 5.54 Å². The summed E-state index contributed by atoms with van der Waals surface area (Å²) in [6.45, 7) is 7.46. The number of rotatable bonds is 1. The Kier molecular flexibility index (Phi) is 2.52. The van der Waals surface area contributed by atoms with Crippen LogP contribution in [0.1, 0.15) is 20.8 Å². The van der Waals surface area contributed by atoms with Gasteiger partial charge in [-0.3, -0.25) is 0 Å². The van der Waals surface area contributed by atoms with Crippen molar-refractivity contribution in [1.82, 2.24) is 0 Å². The summed E-state index contributed by atoms with van der Waals surface area (Å²) in [6.07, 6.45) is 0. The second kappa shape index (κ2) is 3.61. The van der Waals surface area contributed by atoms with Crippen LogP contribution in [-0.4, -0.2) is 18.6 Å². The van der Waals surface area contributed by atoms with E-state index in [1.165, 1.54) is 6.07 Å². The predicted molar refractivity (Wildman–Crippen MR) is 61.9 cm³/mol. The van der Waals surface area contributed by atoms with Gasteiger partial charge in [0.1, 0.15) is 5.82 Å². The molecule has 1 aromatic carbocycles. The molecule has 0 saturated heterocycles. The van der Waals surface area contributed by atoms with Gasteiger partial charge in [-0.05, 0) is 26.8 Å². The summed E-state index contributed by atoms with van der Waals surface area (Å²) in [5.74, 6) is -1.06. The zero-order valence-corrected chi connectivity index (χ0v) is 9.77. The molecule has 0 aliphatic carbocycles. The minimum absolute atomic E-state index is 0.137. The fraction of sp³-hybridized carbons (Fsp3) is 0.500. The van der Waals surface area contributed by atoms with Crippen LogP contribution in [0, 0.1) is 11.6 Å². The average Bonchev–Trinajstić information content (AvgIpc) is 2.15. The van der Waals surface area contributed by atoms with Crippen molar-refractivity contribution in [3.05, 3.63) is 23.8 Å². The Morgan fingerprint density at radius 1 is 1.38 bits per heavy atom. The first kappa shape index (κ1) is 11.2. The van der Waals surface area contributed by atoms with E-state index in [1.54, 1.807) is 0 Å². The van der Waals surface area contributed by atoms with E-state index in [9.17, 15) is 8.78 Å². The first-order valence-electron chi connectivity index (χ1n) is 5.46. The summed E-state index contributed by atoms with van der Waals surface area (Å²) in [7, 11) is 0. The summed E-state index contributed by atoms with van der Waals surface area (Å²) in [5.41, 5.74) is 0.876. The summed E-state index contributed by atoms with van der Waals surface area (Å²) >= 11 is 0. The van der Waals surface area contributed by atoms with Crippen LogP contribution in [0.15, 0.2) is 12.1 Å². The third-order valence-corrected chi connectivity index (χ3v) is 3.07. The lowest BCUT2D eigenvalue weighted by molar-refractivity contribution is 0.473. The monoisotopic (exact) mass is 226 g/mol. The summed E-state index contributed by atoms with van der Waals surface area (Å²) in [6, 6.07) is 2.30. The Hall–Kier alpha value is -1.32. The fourth-order valence-corrected chi connectivity index (χ4v) is 2.27. The molecule has 0 bridgehead atoms. The first-order valence-corrected chi connectivity index (χ1v) is 5.46. The van der Waals surface area contributed by atoms with Gasteiger partial charge < -0.3 is 10.2 Å². The number of hydrogen-bond acceptors (Lipinski definition) is 2. The van der Waals surface area contributed by atoms with Gasteiger partial charge in [0.05, 0.1) is 16.9 Å². The van der Waals surface area contributed by atoms with Crippen LogP contribution >= 0.6 is 0 Å². The van der Waals surface area contributed by atoms with Crippen molar-refractivity contribution < 1.29 is 8.78 Å². The van der Waals surface area contributed by atoms with Crippen LogP contribution in [0.2, 0.25) is 0 Å². The van der Waals surface area contributed by atoms with E-state index in [0.717, 1.165) is 12.6 Å². The zero-order valence-electron chi connectivity index (χ0n) is 9.77. The molecule has 0 amide bonds. The summed E-state index contributed by atoms with van der Waals surface area (Å²) < 4.78 is 26.8. The topological polar surface area (TPSA) is 15.3 Å². The molecule has 0 saturated carbocycles. The molecule has 88 valence electrons. The largest absolute Gasteiger partial charge is 0.379 e. The number of hydrogen-bond donors (Lipinski definition) is 1. The number of nitrogens with one attached hydrogen (secondary N) is 1. The number of halogens is 2. The number of nitrogens with zero attached hydrogens (tertiary/aromatic N) is 1. The van der Waals surface area contributed by atoms with Crippen molar-refractivity contribution in [3.63, 3.8) is 0 Å². The second-order valence-corrected chi connectivity index (χ2v) is 4.69. The SMILES string of the molecule is CCN1c2cc(F)cc(F)c2NCC1(C)C. The highest BCUT2D eigenvalue weighted by molar-refractivity contribution is 5.74. The lowest BCUT2D eigenvalue weighted by Crippen LogP contribution is -2.52. The molecule has 1 aliphatic heterocycles. The molecular weight excluding hydrogens is 210 g/mol. The van der Waals surface area contributed by atoms with Gasteiger partial charge in [-0.15, -0.1) is 0 Å². The standard InChI is InChI=1S/C12H16F2N2/c1-4-16-10-6-8(13)5-9(14)11(10)15-7-12(16,2)3/h5-6,15H,4,7H2,1-3H3. The number of likely N-dealkylation sites (N-methyl/N-ethyl adjacent to an activating group) is 1. The van der Waals surface area contributed by atoms with Crippen LogP contribution in [0.5, 0.6) is 0 Å². The third kappa shape index (κ3) is 1.62. The Labute approximate surface area is 94.3 Å². The molecule has 0 fully saturated rings. The molecule has 1 N–H and O–H groups in total. The molecule has 1 heterocycles. The maximum Gasteiger partial charge on any atom is 0.151 e. The summed E-state index contributed by atoms with van der Waals surface area (Å²) in [5, 5.41) is 3.03. The van der Waals surface area contributed by atoms with Crippen molar-refractivity contribution in [2.24, 2.45) is 0 Å². The normalized spacial score (nSPS) is 17.9. The molecule has 16 heavy (non-hydrogen) atoms. The molecule has 2 nitrogen and oxygen atoms in total. The van der Waals surface area contributed by atoms with Gasteiger partial charge in [0.2, 0.25) is 0 Å². The predicted octanol–water partition coefficient (Wildman–Crippen LogP) is 3.00. The number of anilines is 2. The van der Waals surface area contributed by atoms with Crippen molar-refractivity contribution in [1.29, 1.82) is 0 Å². The molecule has 0 atom stereocenters. The highest BCUT2D eigenvalue weighted by Crippen LogP contribution is 2.38. The van der Waals surface area contributed by atoms with E-state index in [2.05, 4.69) is 19.2 Å². The van der Waals surface area contributed by atoms with Gasteiger partial charge in [-0.25, -0.2) is 8.78 Å². The van der Waals surface area contributed by atoms with Crippen LogP contribution in [0.3, 0.4) is 0 Å². The molecule has 0 unspecified atom stereocenters. The van der Waals surface area contributed by atoms with Gasteiger partial charge >= 0.3 is 0 Å². The van der Waals surface area contributed by atoms with Gasteiger partial charge in [0.15, 0.2) is 5.82 Å². The Morgan fingerprint density at radius 2 is 2.06 bits per heavy atom. The van der Waals surface area contributed by atoms with Crippen LogP contribution < -0.4 is 10.2 Å². The first-order chi connectivity index (χ1) is 7.45. The lowest BCUT2D eigenvalue weighted by atomic mass is 9.97. The smallest absolute Gasteiger partial charge is 0.151 e. The minimum atomic E-state index is -0.533. The van der Waals surface area contributed by atoms with Crippen molar-refractivity contribution in [3.8, 4) is 0 Å². The molecular formula is C12H16F2N2. The van der Waals surface area contributed by atoms with E-state index in [4.69, 9.17) is 0 Å². The minimum Gasteiger partial charge on any atom is -0.379 e. The molecule has 1 aromatic rings. The van der Waals surface area contributed by atoms with Crippen molar-refractivity contribution in [2.75, 3.05) is 23.3 Å². The Balaban J connectivity index is 2.57. The molecule has 4 heteroatoms. The average molecular weight is 226 g/mol. The molecule has 0 aromatic heterocycles. The third-order valence-electron chi connectivity index (χ3n) is 3.07. The maximum absolute atomic E-state index is 13.6. The van der Waals surface area contributed by atoms with Gasteiger partial charge in [-0.2, -0.15) is 0 Å².